The lowest BCUT2D eigenvalue weighted by Gasteiger charge is -2.20. The minimum absolute atomic E-state index is 0.0408. The minimum Gasteiger partial charge on any atom is -0.495 e. The molecule has 6 heteroatoms. The molecule has 144 valence electrons. The molecule has 1 N–H and O–H groups in total. The number of nitrogens with one attached hydrogen (secondary N) is 1. The second kappa shape index (κ2) is 8.52. The van der Waals surface area contributed by atoms with E-state index in [1.54, 1.807) is 42.5 Å². The number of rotatable bonds is 6. The maximum absolute atomic E-state index is 13.6. The van der Waals surface area contributed by atoms with Crippen molar-refractivity contribution in [3.63, 3.8) is 0 Å². The van der Waals surface area contributed by atoms with Gasteiger partial charge >= 0.3 is 0 Å². The summed E-state index contributed by atoms with van der Waals surface area (Å²) in [5.74, 6) is -1.97. The summed E-state index contributed by atoms with van der Waals surface area (Å²) >= 11 is 0. The smallest absolute Gasteiger partial charge is 0.270 e. The number of hydrogen-bond donors (Lipinski definition) is 1. The van der Waals surface area contributed by atoms with Gasteiger partial charge in [-0.05, 0) is 36.8 Å². The van der Waals surface area contributed by atoms with Gasteiger partial charge in [-0.25, -0.2) is 8.78 Å². The first-order valence-electron chi connectivity index (χ1n) is 8.60. The topological polar surface area (TPSA) is 47.6 Å². The number of carbonyl (C=O) groups excluding carboxylic acids is 1. The van der Waals surface area contributed by atoms with Crippen molar-refractivity contribution in [1.82, 2.24) is 0 Å². The van der Waals surface area contributed by atoms with Crippen LogP contribution in [0.5, 0.6) is 11.5 Å². The van der Waals surface area contributed by atoms with Crippen molar-refractivity contribution >= 4 is 11.6 Å². The molecule has 0 saturated heterocycles. The predicted molar refractivity (Wildman–Crippen MR) is 103 cm³/mol. The van der Waals surface area contributed by atoms with Gasteiger partial charge in [0.15, 0.2) is 11.6 Å². The summed E-state index contributed by atoms with van der Waals surface area (Å²) in [6, 6.07) is 17.3. The summed E-state index contributed by atoms with van der Waals surface area (Å²) in [7, 11) is 1.51. The molecule has 1 atom stereocenters. The molecular weight excluding hydrogens is 364 g/mol. The van der Waals surface area contributed by atoms with Crippen LogP contribution in [0.4, 0.5) is 14.5 Å². The lowest BCUT2D eigenvalue weighted by atomic mass is 10.1. The molecule has 3 aromatic carbocycles. The molecule has 0 unspecified atom stereocenters. The van der Waals surface area contributed by atoms with Crippen LogP contribution in [0.15, 0.2) is 66.7 Å². The van der Waals surface area contributed by atoms with Crippen LogP contribution in [0.3, 0.4) is 0 Å². The monoisotopic (exact) mass is 383 g/mol. The molecule has 3 aromatic rings. The summed E-state index contributed by atoms with van der Waals surface area (Å²) < 4.78 is 37.8. The van der Waals surface area contributed by atoms with E-state index in [-0.39, 0.29) is 5.75 Å². The van der Waals surface area contributed by atoms with E-state index in [1.807, 2.05) is 13.0 Å². The summed E-state index contributed by atoms with van der Waals surface area (Å²) in [4.78, 5) is 13.0. The molecule has 0 saturated carbocycles. The van der Waals surface area contributed by atoms with Crippen molar-refractivity contribution in [3.05, 3.63) is 89.5 Å². The van der Waals surface area contributed by atoms with Crippen molar-refractivity contribution in [2.45, 2.75) is 13.0 Å². The van der Waals surface area contributed by atoms with E-state index < -0.39 is 23.6 Å². The Kier molecular flexibility index (Phi) is 5.89. The molecule has 3 rings (SSSR count). The highest BCUT2D eigenvalue weighted by Crippen LogP contribution is 2.29. The van der Waals surface area contributed by atoms with E-state index in [1.165, 1.54) is 13.2 Å². The number of carbonyl (C=O) groups is 1. The number of methoxy groups -OCH3 is 1. The number of benzene rings is 3. The van der Waals surface area contributed by atoms with Crippen molar-refractivity contribution in [3.8, 4) is 11.5 Å². The third-order valence-corrected chi connectivity index (χ3v) is 4.10. The van der Waals surface area contributed by atoms with Gasteiger partial charge in [0.25, 0.3) is 5.91 Å². The van der Waals surface area contributed by atoms with E-state index in [0.717, 1.165) is 17.7 Å². The quantitative estimate of drug-likeness (QED) is 0.649. The van der Waals surface area contributed by atoms with Crippen LogP contribution in [0.1, 0.15) is 17.2 Å². The van der Waals surface area contributed by atoms with Crippen molar-refractivity contribution in [1.29, 1.82) is 0 Å². The van der Waals surface area contributed by atoms with E-state index in [0.29, 0.717) is 17.0 Å². The van der Waals surface area contributed by atoms with Gasteiger partial charge in [-0.3, -0.25) is 4.79 Å². The van der Waals surface area contributed by atoms with Gasteiger partial charge in [0, 0.05) is 11.6 Å². The molecule has 1 amide bonds. The lowest BCUT2D eigenvalue weighted by molar-refractivity contribution is -0.123. The van der Waals surface area contributed by atoms with Crippen LogP contribution in [-0.2, 0) is 4.79 Å². The standard InChI is InChI=1S/C22H19F2NO3/c1-14-8-11-20(27-2)19(12-14)25-22(26)21(15-6-4-3-5-7-15)28-16-9-10-17(23)18(24)13-16/h3-13,21H,1-2H3,(H,25,26)/t21-/m1/s1. The van der Waals surface area contributed by atoms with Gasteiger partial charge < -0.3 is 14.8 Å². The molecule has 0 heterocycles. The average molecular weight is 383 g/mol. The van der Waals surface area contributed by atoms with Crippen LogP contribution in [0.25, 0.3) is 0 Å². The number of amides is 1. The molecule has 0 aliphatic heterocycles. The number of halogens is 2. The minimum atomic E-state index is -1.07. The molecule has 0 spiro atoms. The van der Waals surface area contributed by atoms with E-state index in [4.69, 9.17) is 9.47 Å². The Morgan fingerprint density at radius 3 is 2.39 bits per heavy atom. The van der Waals surface area contributed by atoms with Crippen LogP contribution in [0.2, 0.25) is 0 Å². The Morgan fingerprint density at radius 2 is 1.71 bits per heavy atom. The Morgan fingerprint density at radius 1 is 0.964 bits per heavy atom. The number of aryl methyl sites for hydroxylation is 1. The van der Waals surface area contributed by atoms with E-state index >= 15 is 0 Å². The first-order valence-corrected chi connectivity index (χ1v) is 8.60. The SMILES string of the molecule is COc1ccc(C)cc1NC(=O)[C@H](Oc1ccc(F)c(F)c1)c1ccccc1. The van der Waals surface area contributed by atoms with Gasteiger partial charge in [-0.1, -0.05) is 36.4 Å². The third kappa shape index (κ3) is 4.46. The second-order valence-electron chi connectivity index (χ2n) is 6.18. The summed E-state index contributed by atoms with van der Waals surface area (Å²) in [6.07, 6.45) is -1.07. The van der Waals surface area contributed by atoms with Crippen LogP contribution in [0, 0.1) is 18.6 Å². The molecule has 0 aliphatic carbocycles. The predicted octanol–water partition coefficient (Wildman–Crippen LogP) is 5.04. The lowest BCUT2D eigenvalue weighted by Crippen LogP contribution is -2.26. The fourth-order valence-electron chi connectivity index (χ4n) is 2.70. The van der Waals surface area contributed by atoms with Crippen molar-refractivity contribution < 1.29 is 23.0 Å². The maximum Gasteiger partial charge on any atom is 0.270 e. The molecule has 28 heavy (non-hydrogen) atoms. The molecular formula is C22H19F2NO3. The zero-order chi connectivity index (χ0) is 20.1. The Bertz CT molecular complexity index is 977. The highest BCUT2D eigenvalue weighted by molar-refractivity contribution is 5.96. The first kappa shape index (κ1) is 19.4. The Balaban J connectivity index is 1.91. The number of anilines is 1. The maximum atomic E-state index is 13.6. The fourth-order valence-corrected chi connectivity index (χ4v) is 2.70. The van der Waals surface area contributed by atoms with Crippen LogP contribution >= 0.6 is 0 Å². The Labute approximate surface area is 161 Å². The highest BCUT2D eigenvalue weighted by atomic mass is 19.2. The third-order valence-electron chi connectivity index (χ3n) is 4.10. The van der Waals surface area contributed by atoms with Crippen molar-refractivity contribution in [2.75, 3.05) is 12.4 Å². The molecule has 0 radical (unpaired) electrons. The molecule has 0 bridgehead atoms. The summed E-state index contributed by atoms with van der Waals surface area (Å²) in [5.41, 5.74) is 1.99. The van der Waals surface area contributed by atoms with E-state index in [9.17, 15) is 13.6 Å². The highest BCUT2D eigenvalue weighted by Gasteiger charge is 2.24. The summed E-state index contributed by atoms with van der Waals surface area (Å²) in [5, 5.41) is 2.79. The van der Waals surface area contributed by atoms with Gasteiger partial charge in [0.2, 0.25) is 6.10 Å². The first-order chi connectivity index (χ1) is 13.5. The molecule has 0 fully saturated rings. The average Bonchev–Trinajstić information content (AvgIpc) is 2.69. The van der Waals surface area contributed by atoms with E-state index in [2.05, 4.69) is 5.32 Å². The zero-order valence-corrected chi connectivity index (χ0v) is 15.4. The largest absolute Gasteiger partial charge is 0.495 e. The van der Waals surface area contributed by atoms with Crippen LogP contribution < -0.4 is 14.8 Å². The fraction of sp³-hybridized carbons (Fsp3) is 0.136. The Hall–Kier alpha value is -3.41. The number of hydrogen-bond acceptors (Lipinski definition) is 3. The molecule has 0 aliphatic rings. The van der Waals surface area contributed by atoms with Gasteiger partial charge in [0.1, 0.15) is 11.5 Å². The van der Waals surface area contributed by atoms with Gasteiger partial charge in [-0.2, -0.15) is 0 Å². The molecule has 4 nitrogen and oxygen atoms in total. The van der Waals surface area contributed by atoms with Crippen molar-refractivity contribution in [2.24, 2.45) is 0 Å². The zero-order valence-electron chi connectivity index (χ0n) is 15.4. The number of ether oxygens (including phenoxy) is 2. The van der Waals surface area contributed by atoms with Crippen LogP contribution in [-0.4, -0.2) is 13.0 Å². The summed E-state index contributed by atoms with van der Waals surface area (Å²) in [6.45, 7) is 1.89. The van der Waals surface area contributed by atoms with Gasteiger partial charge in [0.05, 0.1) is 12.8 Å². The normalized spacial score (nSPS) is 11.6. The molecule has 0 aromatic heterocycles. The second-order valence-corrected chi connectivity index (χ2v) is 6.18. The van der Waals surface area contributed by atoms with Gasteiger partial charge in [-0.15, -0.1) is 0 Å².